The molecule has 0 aromatic carbocycles. The summed E-state index contributed by atoms with van der Waals surface area (Å²) in [5, 5.41) is 0. The zero-order chi connectivity index (χ0) is 11.3. The van der Waals surface area contributed by atoms with Crippen molar-refractivity contribution in [2.24, 2.45) is 11.3 Å². The molecule has 0 aromatic rings. The Hall–Kier alpha value is -0.340. The first-order valence-electron chi connectivity index (χ1n) is 5.84. The van der Waals surface area contributed by atoms with Crippen LogP contribution in [-0.4, -0.2) is 27.4 Å². The molecule has 1 unspecified atom stereocenters. The molecule has 1 rings (SSSR count). The topological polar surface area (TPSA) is 18.5 Å². The summed E-state index contributed by atoms with van der Waals surface area (Å²) >= 11 is 0. The van der Waals surface area contributed by atoms with Gasteiger partial charge in [-0.2, -0.15) is 0 Å². The molecule has 0 saturated heterocycles. The largest absolute Gasteiger partial charge is 0.384 e. The highest BCUT2D eigenvalue weighted by Crippen LogP contribution is 2.45. The van der Waals surface area contributed by atoms with Crippen LogP contribution < -0.4 is 0 Å². The zero-order valence-corrected chi connectivity index (χ0v) is 10.5. The average molecular weight is 212 g/mol. The Morgan fingerprint density at radius 2 is 1.93 bits per heavy atom. The summed E-state index contributed by atoms with van der Waals surface area (Å²) in [6.45, 7) is 6.14. The third-order valence-corrected chi connectivity index (χ3v) is 3.32. The van der Waals surface area contributed by atoms with Gasteiger partial charge in [-0.25, -0.2) is 0 Å². The van der Waals surface area contributed by atoms with Crippen LogP contribution in [0.1, 0.15) is 33.1 Å². The van der Waals surface area contributed by atoms with Crippen molar-refractivity contribution in [1.82, 2.24) is 0 Å². The third kappa shape index (κ3) is 3.05. The highest BCUT2D eigenvalue weighted by atomic mass is 16.5. The lowest BCUT2D eigenvalue weighted by Gasteiger charge is -2.27. The van der Waals surface area contributed by atoms with Gasteiger partial charge in [0, 0.05) is 19.6 Å². The molecule has 0 radical (unpaired) electrons. The molecule has 2 heteroatoms. The summed E-state index contributed by atoms with van der Waals surface area (Å²) in [6, 6.07) is 0. The van der Waals surface area contributed by atoms with Crippen molar-refractivity contribution in [3.05, 3.63) is 11.6 Å². The van der Waals surface area contributed by atoms with E-state index in [4.69, 9.17) is 9.47 Å². The second-order valence-corrected chi connectivity index (χ2v) is 4.84. The van der Waals surface area contributed by atoms with E-state index in [2.05, 4.69) is 19.9 Å². The smallest absolute Gasteiger partial charge is 0.0544 e. The summed E-state index contributed by atoms with van der Waals surface area (Å²) < 4.78 is 10.7. The molecule has 88 valence electrons. The molecule has 0 N–H and O–H groups in total. The molecule has 1 aliphatic rings. The van der Waals surface area contributed by atoms with Crippen molar-refractivity contribution in [2.45, 2.75) is 33.1 Å². The second kappa shape index (κ2) is 5.66. The Morgan fingerprint density at radius 1 is 1.33 bits per heavy atom. The molecule has 0 amide bonds. The molecular weight excluding hydrogens is 188 g/mol. The number of rotatable bonds is 5. The lowest BCUT2D eigenvalue weighted by molar-refractivity contribution is 0.0136. The van der Waals surface area contributed by atoms with E-state index in [9.17, 15) is 0 Å². The van der Waals surface area contributed by atoms with E-state index in [1.807, 2.05) is 0 Å². The molecule has 2 nitrogen and oxygen atoms in total. The predicted molar refractivity (Wildman–Crippen MR) is 63.0 cm³/mol. The van der Waals surface area contributed by atoms with Gasteiger partial charge in [0.1, 0.15) is 0 Å². The Morgan fingerprint density at radius 3 is 2.40 bits per heavy atom. The fourth-order valence-corrected chi connectivity index (χ4v) is 2.87. The summed E-state index contributed by atoms with van der Waals surface area (Å²) in [4.78, 5) is 0. The highest BCUT2D eigenvalue weighted by molar-refractivity contribution is 5.16. The molecule has 0 heterocycles. The van der Waals surface area contributed by atoms with Crippen molar-refractivity contribution in [1.29, 1.82) is 0 Å². The van der Waals surface area contributed by atoms with Crippen LogP contribution in [0.3, 0.4) is 0 Å². The first kappa shape index (κ1) is 12.7. The maximum Gasteiger partial charge on any atom is 0.0544 e. The van der Waals surface area contributed by atoms with Gasteiger partial charge in [-0.15, -0.1) is 0 Å². The lowest BCUT2D eigenvalue weighted by atomic mass is 9.87. The standard InChI is InChI=1S/C13H24O2/c1-5-6-12-8-13(9-14-3,10-15-4)7-11(12)2/h6,11H,5,7-10H2,1-4H3. The summed E-state index contributed by atoms with van der Waals surface area (Å²) in [5.74, 6) is 0.690. The maximum absolute atomic E-state index is 5.35. The summed E-state index contributed by atoms with van der Waals surface area (Å²) in [5.41, 5.74) is 1.82. The van der Waals surface area contributed by atoms with Gasteiger partial charge in [-0.3, -0.25) is 0 Å². The Bertz CT molecular complexity index is 215. The van der Waals surface area contributed by atoms with Crippen LogP contribution in [0.2, 0.25) is 0 Å². The maximum atomic E-state index is 5.35. The molecule has 1 saturated carbocycles. The van der Waals surface area contributed by atoms with Crippen molar-refractivity contribution in [2.75, 3.05) is 27.4 Å². The molecule has 1 atom stereocenters. The minimum atomic E-state index is 0.226. The molecular formula is C13H24O2. The van der Waals surface area contributed by atoms with Crippen LogP contribution in [0.25, 0.3) is 0 Å². The van der Waals surface area contributed by atoms with Gasteiger partial charge < -0.3 is 9.47 Å². The Kier molecular flexibility index (Phi) is 4.81. The molecule has 15 heavy (non-hydrogen) atoms. The van der Waals surface area contributed by atoms with Gasteiger partial charge >= 0.3 is 0 Å². The number of allylic oxidation sites excluding steroid dienone is 2. The predicted octanol–water partition coefficient (Wildman–Crippen LogP) is 3.03. The highest BCUT2D eigenvalue weighted by Gasteiger charge is 2.40. The van der Waals surface area contributed by atoms with Crippen molar-refractivity contribution >= 4 is 0 Å². The van der Waals surface area contributed by atoms with E-state index in [0.717, 1.165) is 26.1 Å². The molecule has 1 aliphatic carbocycles. The van der Waals surface area contributed by atoms with Crippen LogP contribution in [0.4, 0.5) is 0 Å². The monoisotopic (exact) mass is 212 g/mol. The van der Waals surface area contributed by atoms with E-state index in [0.29, 0.717) is 5.92 Å². The first-order chi connectivity index (χ1) is 7.17. The Balaban J connectivity index is 2.72. The van der Waals surface area contributed by atoms with Gasteiger partial charge in [-0.1, -0.05) is 25.5 Å². The van der Waals surface area contributed by atoms with Crippen LogP contribution in [0.5, 0.6) is 0 Å². The van der Waals surface area contributed by atoms with Gasteiger partial charge in [0.05, 0.1) is 13.2 Å². The van der Waals surface area contributed by atoms with Crippen molar-refractivity contribution in [3.63, 3.8) is 0 Å². The second-order valence-electron chi connectivity index (χ2n) is 4.84. The van der Waals surface area contributed by atoms with Crippen molar-refractivity contribution < 1.29 is 9.47 Å². The number of hydrogen-bond acceptors (Lipinski definition) is 2. The number of methoxy groups -OCH3 is 2. The minimum Gasteiger partial charge on any atom is -0.384 e. The minimum absolute atomic E-state index is 0.226. The van der Waals surface area contributed by atoms with Gasteiger partial charge in [0.25, 0.3) is 0 Å². The van der Waals surface area contributed by atoms with E-state index < -0.39 is 0 Å². The number of ether oxygens (including phenoxy) is 2. The number of hydrogen-bond donors (Lipinski definition) is 0. The molecule has 0 aromatic heterocycles. The van der Waals surface area contributed by atoms with Gasteiger partial charge in [0.15, 0.2) is 0 Å². The van der Waals surface area contributed by atoms with Gasteiger partial charge in [-0.05, 0) is 25.2 Å². The van der Waals surface area contributed by atoms with Crippen LogP contribution in [0, 0.1) is 11.3 Å². The summed E-state index contributed by atoms with van der Waals surface area (Å²) in [7, 11) is 3.56. The van der Waals surface area contributed by atoms with Crippen LogP contribution in [-0.2, 0) is 9.47 Å². The SMILES string of the molecule is CCC=C1CC(COC)(COC)CC1C. The molecule has 0 spiro atoms. The van der Waals surface area contributed by atoms with E-state index in [-0.39, 0.29) is 5.41 Å². The van der Waals surface area contributed by atoms with E-state index in [1.165, 1.54) is 6.42 Å². The zero-order valence-electron chi connectivity index (χ0n) is 10.5. The Labute approximate surface area is 93.7 Å². The summed E-state index contributed by atoms with van der Waals surface area (Å²) in [6.07, 6.45) is 5.84. The van der Waals surface area contributed by atoms with E-state index >= 15 is 0 Å². The van der Waals surface area contributed by atoms with Gasteiger partial charge in [0.2, 0.25) is 0 Å². The third-order valence-electron chi connectivity index (χ3n) is 3.32. The molecule has 1 fully saturated rings. The average Bonchev–Trinajstić information content (AvgIpc) is 2.45. The molecule has 0 aliphatic heterocycles. The first-order valence-corrected chi connectivity index (χ1v) is 5.84. The van der Waals surface area contributed by atoms with Crippen LogP contribution >= 0.6 is 0 Å². The fraction of sp³-hybridized carbons (Fsp3) is 0.846. The lowest BCUT2D eigenvalue weighted by Crippen LogP contribution is -2.28. The molecule has 0 bridgehead atoms. The van der Waals surface area contributed by atoms with E-state index in [1.54, 1.807) is 19.8 Å². The van der Waals surface area contributed by atoms with Crippen molar-refractivity contribution in [3.8, 4) is 0 Å². The fourth-order valence-electron chi connectivity index (χ4n) is 2.87. The van der Waals surface area contributed by atoms with Crippen LogP contribution in [0.15, 0.2) is 11.6 Å². The quantitative estimate of drug-likeness (QED) is 0.652. The normalized spacial score (nSPS) is 27.5.